The van der Waals surface area contributed by atoms with Crippen LogP contribution in [0.1, 0.15) is 47.0 Å². The number of hydrogen-bond acceptors (Lipinski definition) is 2. The molecule has 0 amide bonds. The summed E-state index contributed by atoms with van der Waals surface area (Å²) >= 11 is 0. The topological polar surface area (TPSA) is 46.2 Å². The molecule has 0 radical (unpaired) electrons. The Bertz CT molecular complexity index is 103. The molecule has 1 unspecified atom stereocenters. The van der Waals surface area contributed by atoms with Crippen LogP contribution >= 0.6 is 0 Å². The maximum atomic E-state index is 9.71. The molecular weight excluding hydrogens is 138 g/mol. The van der Waals surface area contributed by atoms with Crippen LogP contribution in [0, 0.1) is 5.41 Å². The van der Waals surface area contributed by atoms with E-state index < -0.39 is 5.72 Å². The Hall–Kier alpha value is -0.0800. The quantitative estimate of drug-likeness (QED) is 0.615. The Morgan fingerprint density at radius 2 is 1.36 bits per heavy atom. The van der Waals surface area contributed by atoms with Crippen LogP contribution in [0.5, 0.6) is 0 Å². The minimum absolute atomic E-state index is 0.104. The van der Waals surface area contributed by atoms with Crippen molar-refractivity contribution < 1.29 is 5.11 Å². The molecule has 2 heteroatoms. The van der Waals surface area contributed by atoms with Crippen molar-refractivity contribution in [3.05, 3.63) is 0 Å². The number of aliphatic hydroxyl groups is 1. The van der Waals surface area contributed by atoms with Crippen molar-refractivity contribution in [3.63, 3.8) is 0 Å². The fourth-order valence-corrected chi connectivity index (χ4v) is 1.82. The molecule has 0 aromatic rings. The van der Waals surface area contributed by atoms with Gasteiger partial charge in [0.2, 0.25) is 0 Å². The van der Waals surface area contributed by atoms with Crippen LogP contribution in [0.3, 0.4) is 0 Å². The molecule has 0 aliphatic heterocycles. The van der Waals surface area contributed by atoms with Crippen molar-refractivity contribution in [3.8, 4) is 0 Å². The monoisotopic (exact) mass is 159 g/mol. The Balaban J connectivity index is 4.54. The van der Waals surface area contributed by atoms with E-state index in [1.54, 1.807) is 6.92 Å². The molecule has 0 spiro atoms. The van der Waals surface area contributed by atoms with Gasteiger partial charge in [0.1, 0.15) is 5.72 Å². The standard InChI is InChI=1S/C9H21NO/c1-5-9(6-2,7-3)8(4,10)11/h11H,5-7,10H2,1-4H3. The molecule has 68 valence electrons. The summed E-state index contributed by atoms with van der Waals surface area (Å²) < 4.78 is 0. The first-order valence-electron chi connectivity index (χ1n) is 4.44. The van der Waals surface area contributed by atoms with Crippen LogP contribution in [0.15, 0.2) is 0 Å². The van der Waals surface area contributed by atoms with Crippen LogP contribution in [-0.2, 0) is 0 Å². The molecule has 0 aliphatic rings. The van der Waals surface area contributed by atoms with Gasteiger partial charge < -0.3 is 10.8 Å². The smallest absolute Gasteiger partial charge is 0.116 e. The summed E-state index contributed by atoms with van der Waals surface area (Å²) in [6.45, 7) is 7.93. The van der Waals surface area contributed by atoms with Gasteiger partial charge in [0.05, 0.1) is 0 Å². The van der Waals surface area contributed by atoms with Crippen molar-refractivity contribution in [2.24, 2.45) is 11.1 Å². The van der Waals surface area contributed by atoms with E-state index in [1.807, 2.05) is 0 Å². The van der Waals surface area contributed by atoms with Gasteiger partial charge in [-0.1, -0.05) is 20.8 Å². The third-order valence-corrected chi connectivity index (χ3v) is 3.10. The third kappa shape index (κ3) is 1.94. The first-order valence-corrected chi connectivity index (χ1v) is 4.44. The predicted octanol–water partition coefficient (Wildman–Crippen LogP) is 1.87. The van der Waals surface area contributed by atoms with E-state index in [1.165, 1.54) is 0 Å². The molecule has 11 heavy (non-hydrogen) atoms. The molecule has 0 saturated heterocycles. The van der Waals surface area contributed by atoms with Crippen LogP contribution < -0.4 is 5.73 Å². The van der Waals surface area contributed by atoms with Gasteiger partial charge in [-0.25, -0.2) is 0 Å². The van der Waals surface area contributed by atoms with E-state index in [0.29, 0.717) is 0 Å². The molecule has 2 nitrogen and oxygen atoms in total. The highest BCUT2D eigenvalue weighted by Crippen LogP contribution is 2.38. The van der Waals surface area contributed by atoms with Gasteiger partial charge >= 0.3 is 0 Å². The molecule has 3 N–H and O–H groups in total. The normalized spacial score (nSPS) is 18.0. The predicted molar refractivity (Wildman–Crippen MR) is 48.1 cm³/mol. The van der Waals surface area contributed by atoms with Crippen molar-refractivity contribution in [1.29, 1.82) is 0 Å². The lowest BCUT2D eigenvalue weighted by atomic mass is 9.72. The maximum Gasteiger partial charge on any atom is 0.116 e. The van der Waals surface area contributed by atoms with Crippen LogP contribution in [0.2, 0.25) is 0 Å². The Morgan fingerprint density at radius 1 is 1.09 bits per heavy atom. The van der Waals surface area contributed by atoms with Gasteiger partial charge in [0.25, 0.3) is 0 Å². The summed E-state index contributed by atoms with van der Waals surface area (Å²) in [5, 5.41) is 9.71. The SMILES string of the molecule is CCC(CC)(CC)C(C)(N)O. The molecule has 1 atom stereocenters. The van der Waals surface area contributed by atoms with Gasteiger partial charge in [-0.15, -0.1) is 0 Å². The Labute approximate surface area is 69.8 Å². The second kappa shape index (κ2) is 3.55. The molecule has 0 aliphatic carbocycles. The van der Waals surface area contributed by atoms with E-state index in [-0.39, 0.29) is 5.41 Å². The fraction of sp³-hybridized carbons (Fsp3) is 1.00. The van der Waals surface area contributed by atoms with E-state index in [9.17, 15) is 5.11 Å². The molecule has 0 heterocycles. The molecule has 0 fully saturated rings. The van der Waals surface area contributed by atoms with Crippen molar-refractivity contribution in [2.45, 2.75) is 52.7 Å². The third-order valence-electron chi connectivity index (χ3n) is 3.10. The highest BCUT2D eigenvalue weighted by molar-refractivity contribution is 4.88. The molecule has 0 saturated carbocycles. The Morgan fingerprint density at radius 3 is 1.36 bits per heavy atom. The summed E-state index contributed by atoms with van der Waals surface area (Å²) in [6, 6.07) is 0. The van der Waals surface area contributed by atoms with Crippen LogP contribution in [0.25, 0.3) is 0 Å². The molecule has 0 bridgehead atoms. The first kappa shape index (κ1) is 10.9. The van der Waals surface area contributed by atoms with Gasteiger partial charge in [0, 0.05) is 5.41 Å². The van der Waals surface area contributed by atoms with Crippen molar-refractivity contribution in [1.82, 2.24) is 0 Å². The second-order valence-electron chi connectivity index (χ2n) is 3.49. The largest absolute Gasteiger partial charge is 0.376 e. The van der Waals surface area contributed by atoms with Gasteiger partial charge in [-0.3, -0.25) is 0 Å². The molecule has 0 aromatic heterocycles. The summed E-state index contributed by atoms with van der Waals surface area (Å²) in [4.78, 5) is 0. The van der Waals surface area contributed by atoms with E-state index in [0.717, 1.165) is 19.3 Å². The lowest BCUT2D eigenvalue weighted by Gasteiger charge is -2.41. The zero-order valence-electron chi connectivity index (χ0n) is 8.15. The van der Waals surface area contributed by atoms with Crippen LogP contribution in [0.4, 0.5) is 0 Å². The zero-order valence-corrected chi connectivity index (χ0v) is 8.15. The summed E-state index contributed by atoms with van der Waals surface area (Å²) in [7, 11) is 0. The molecule has 0 aromatic carbocycles. The maximum absolute atomic E-state index is 9.71. The Kier molecular flexibility index (Phi) is 3.52. The number of nitrogens with two attached hydrogens (primary N) is 1. The van der Waals surface area contributed by atoms with Gasteiger partial charge in [0.15, 0.2) is 0 Å². The minimum Gasteiger partial charge on any atom is -0.376 e. The molecular formula is C9H21NO. The van der Waals surface area contributed by atoms with Gasteiger partial charge in [-0.05, 0) is 26.2 Å². The highest BCUT2D eigenvalue weighted by Gasteiger charge is 2.39. The minimum atomic E-state index is -1.04. The van der Waals surface area contributed by atoms with E-state index in [2.05, 4.69) is 20.8 Å². The lowest BCUT2D eigenvalue weighted by molar-refractivity contribution is -0.0739. The zero-order chi connectivity index (χ0) is 9.12. The highest BCUT2D eigenvalue weighted by atomic mass is 16.3. The average molecular weight is 159 g/mol. The summed E-state index contributed by atoms with van der Waals surface area (Å²) in [6.07, 6.45) is 2.80. The average Bonchev–Trinajstić information content (AvgIpc) is 1.90. The first-order chi connectivity index (χ1) is 4.93. The van der Waals surface area contributed by atoms with Gasteiger partial charge in [-0.2, -0.15) is 0 Å². The summed E-state index contributed by atoms with van der Waals surface area (Å²) in [5.41, 5.74) is 4.56. The lowest BCUT2D eigenvalue weighted by Crippen LogP contribution is -2.52. The van der Waals surface area contributed by atoms with Crippen LogP contribution in [-0.4, -0.2) is 10.8 Å². The van der Waals surface area contributed by atoms with Crippen molar-refractivity contribution in [2.75, 3.05) is 0 Å². The van der Waals surface area contributed by atoms with Crippen molar-refractivity contribution >= 4 is 0 Å². The fourth-order valence-electron chi connectivity index (χ4n) is 1.82. The second-order valence-corrected chi connectivity index (χ2v) is 3.49. The molecule has 0 rings (SSSR count). The van der Waals surface area contributed by atoms with E-state index >= 15 is 0 Å². The van der Waals surface area contributed by atoms with E-state index in [4.69, 9.17) is 5.73 Å². The number of rotatable bonds is 4. The summed E-state index contributed by atoms with van der Waals surface area (Å²) in [5.74, 6) is 0. The number of hydrogen-bond donors (Lipinski definition) is 2.